The molecule has 2 aliphatic rings. The minimum atomic E-state index is -3.57. The lowest BCUT2D eigenvalue weighted by atomic mass is 9.98. The zero-order chi connectivity index (χ0) is 11.6. The molecular weight excluding hydrogens is 246 g/mol. The number of β-lactam (4-membered cyclic amide) rings is 1. The summed E-state index contributed by atoms with van der Waals surface area (Å²) < 4.78 is 22.4. The third kappa shape index (κ3) is 1.32. The average molecular weight is 260 g/mol. The number of sulfone groups is 1. The van der Waals surface area contributed by atoms with Crippen LogP contribution in [0.15, 0.2) is 0 Å². The molecule has 2 rings (SSSR count). The predicted molar refractivity (Wildman–Crippen MR) is 58.2 cm³/mol. The van der Waals surface area contributed by atoms with Gasteiger partial charge in [-0.05, 0) is 13.8 Å². The van der Waals surface area contributed by atoms with Crippen molar-refractivity contribution in [3.63, 3.8) is 0 Å². The summed E-state index contributed by atoms with van der Waals surface area (Å²) in [7, 11) is -3.57. The van der Waals surface area contributed by atoms with Crippen molar-refractivity contribution in [2.24, 2.45) is 0 Å². The van der Waals surface area contributed by atoms with Crippen LogP contribution in [0.2, 0.25) is 0 Å². The highest BCUT2D eigenvalue weighted by Gasteiger charge is 2.67. The summed E-state index contributed by atoms with van der Waals surface area (Å²) in [6.07, 6.45) is -0.0878. The van der Waals surface area contributed by atoms with Gasteiger partial charge in [-0.1, -0.05) is 0 Å². The molecule has 0 bridgehead atoms. The molecule has 16 heavy (non-hydrogen) atoms. The first-order valence-electron chi connectivity index (χ1n) is 4.48. The average Bonchev–Trinajstić information content (AvgIpc) is 2.19. The van der Waals surface area contributed by atoms with Gasteiger partial charge in [-0.15, -0.1) is 0 Å². The third-order valence-corrected chi connectivity index (χ3v) is 6.01. The van der Waals surface area contributed by atoms with Crippen LogP contribution in [0.5, 0.6) is 0 Å². The molecule has 2 aliphatic heterocycles. The number of nitrogens with zero attached hydrogens (tertiary/aromatic N) is 1. The van der Waals surface area contributed by atoms with E-state index in [1.807, 2.05) is 0 Å². The highest BCUT2D eigenvalue weighted by atomic mass is 32.2. The van der Waals surface area contributed by atoms with Gasteiger partial charge in [0.15, 0.2) is 9.84 Å². The topological polar surface area (TPSA) is 91.8 Å². The Morgan fingerprint density at radius 2 is 2.00 bits per heavy atom. The van der Waals surface area contributed by atoms with Crippen LogP contribution in [0.4, 0.5) is 0 Å². The lowest BCUT2D eigenvalue weighted by Crippen LogP contribution is -2.57. The Bertz CT molecular complexity index is 457. The van der Waals surface area contributed by atoms with Gasteiger partial charge in [0.25, 0.3) is 0 Å². The van der Waals surface area contributed by atoms with E-state index in [0.29, 0.717) is 0 Å². The van der Waals surface area contributed by atoms with Crippen molar-refractivity contribution in [2.75, 3.05) is 0 Å². The first-order valence-corrected chi connectivity index (χ1v) is 6.03. The molecule has 2 atom stereocenters. The van der Waals surface area contributed by atoms with Crippen LogP contribution in [0, 0.1) is 0 Å². The van der Waals surface area contributed by atoms with Crippen LogP contribution in [-0.4, -0.2) is 69.5 Å². The Kier molecular flexibility index (Phi) is 3.06. The van der Waals surface area contributed by atoms with Gasteiger partial charge in [0.1, 0.15) is 11.4 Å². The molecular formula is C8H13MgNO5S. The summed E-state index contributed by atoms with van der Waals surface area (Å²) in [4.78, 5) is 23.2. The highest BCUT2D eigenvalue weighted by Crippen LogP contribution is 2.45. The van der Waals surface area contributed by atoms with Gasteiger partial charge in [-0.2, -0.15) is 0 Å². The SMILES string of the molecule is CC1(C)[C@H](C(=O)O)N2C(=O)C[C@H]2S1(=O)=O.[MgH2]. The number of amides is 1. The van der Waals surface area contributed by atoms with Crippen molar-refractivity contribution in [1.82, 2.24) is 4.90 Å². The maximum absolute atomic E-state index is 11.9. The monoisotopic (exact) mass is 259 g/mol. The Balaban J connectivity index is 0.00000128. The van der Waals surface area contributed by atoms with Gasteiger partial charge >= 0.3 is 29.0 Å². The fraction of sp³-hybridized carbons (Fsp3) is 0.750. The predicted octanol–water partition coefficient (Wildman–Crippen LogP) is -1.71. The standard InChI is InChI=1S/C8H11NO5S.Mg.2H/c1-8(2)6(7(11)12)9-4(10)3-5(9)15(8,13)14;;;/h5-6H,3H2,1-2H3,(H,11,12);;;/t5-,6+;;;/m1.../s1. The normalized spacial score (nSPS) is 33.6. The molecule has 0 aliphatic carbocycles. The van der Waals surface area contributed by atoms with Crippen molar-refractivity contribution in [3.8, 4) is 0 Å². The van der Waals surface area contributed by atoms with Gasteiger partial charge in [0.05, 0.1) is 11.2 Å². The van der Waals surface area contributed by atoms with E-state index in [1.54, 1.807) is 0 Å². The van der Waals surface area contributed by atoms with Gasteiger partial charge in [-0.3, -0.25) is 4.79 Å². The van der Waals surface area contributed by atoms with E-state index >= 15 is 0 Å². The zero-order valence-electron chi connectivity index (χ0n) is 8.30. The first kappa shape index (κ1) is 13.7. The molecule has 2 saturated heterocycles. The molecule has 0 aromatic rings. The minimum Gasteiger partial charge on any atom is -0.480 e. The number of hydrogen-bond acceptors (Lipinski definition) is 4. The van der Waals surface area contributed by atoms with E-state index in [9.17, 15) is 18.0 Å². The van der Waals surface area contributed by atoms with Crippen LogP contribution in [0.3, 0.4) is 0 Å². The fourth-order valence-corrected chi connectivity index (χ4v) is 4.36. The Morgan fingerprint density at radius 1 is 1.50 bits per heavy atom. The largest absolute Gasteiger partial charge is 0.480 e. The van der Waals surface area contributed by atoms with Crippen LogP contribution in [-0.2, 0) is 19.4 Å². The van der Waals surface area contributed by atoms with Crippen molar-refractivity contribution in [2.45, 2.75) is 36.4 Å². The molecule has 1 amide bonds. The number of fused-ring (bicyclic) bond motifs is 1. The second-order valence-corrected chi connectivity index (χ2v) is 7.04. The Labute approximate surface area is 109 Å². The molecule has 0 aromatic heterocycles. The number of carbonyl (C=O) groups excluding carboxylic acids is 1. The van der Waals surface area contributed by atoms with Crippen molar-refractivity contribution < 1.29 is 23.1 Å². The van der Waals surface area contributed by atoms with Crippen molar-refractivity contribution >= 4 is 44.8 Å². The smallest absolute Gasteiger partial charge is 0.328 e. The van der Waals surface area contributed by atoms with E-state index in [-0.39, 0.29) is 29.5 Å². The molecule has 2 heterocycles. The summed E-state index contributed by atoms with van der Waals surface area (Å²) >= 11 is 0. The number of hydrogen-bond donors (Lipinski definition) is 1. The van der Waals surface area contributed by atoms with Crippen LogP contribution in [0.25, 0.3) is 0 Å². The van der Waals surface area contributed by atoms with Gasteiger partial charge in [-0.25, -0.2) is 13.2 Å². The maximum atomic E-state index is 11.9. The molecule has 88 valence electrons. The number of rotatable bonds is 1. The van der Waals surface area contributed by atoms with Crippen molar-refractivity contribution in [3.05, 3.63) is 0 Å². The summed E-state index contributed by atoms with van der Waals surface area (Å²) in [5.74, 6) is -1.67. The molecule has 1 N–H and O–H groups in total. The zero-order valence-corrected chi connectivity index (χ0v) is 9.11. The third-order valence-electron chi connectivity index (χ3n) is 3.21. The van der Waals surface area contributed by atoms with E-state index in [0.717, 1.165) is 4.90 Å². The number of carbonyl (C=O) groups is 2. The van der Waals surface area contributed by atoms with E-state index in [1.165, 1.54) is 13.8 Å². The Hall–Kier alpha value is -0.344. The van der Waals surface area contributed by atoms with Crippen LogP contribution in [0.1, 0.15) is 20.3 Å². The first-order chi connectivity index (χ1) is 6.71. The molecule has 8 heteroatoms. The minimum absolute atomic E-state index is 0. The lowest BCUT2D eigenvalue weighted by Gasteiger charge is -2.35. The quantitative estimate of drug-likeness (QED) is 0.447. The fourth-order valence-electron chi connectivity index (χ4n) is 2.23. The van der Waals surface area contributed by atoms with Crippen LogP contribution < -0.4 is 0 Å². The molecule has 0 saturated carbocycles. The van der Waals surface area contributed by atoms with Gasteiger partial charge in [0, 0.05) is 0 Å². The highest BCUT2D eigenvalue weighted by molar-refractivity contribution is 7.93. The molecule has 2 fully saturated rings. The number of carboxylic acids is 1. The second kappa shape index (κ2) is 3.57. The summed E-state index contributed by atoms with van der Waals surface area (Å²) in [5.41, 5.74) is 0. The Morgan fingerprint density at radius 3 is 2.31 bits per heavy atom. The molecule has 0 spiro atoms. The second-order valence-electron chi connectivity index (χ2n) is 4.35. The molecule has 6 nitrogen and oxygen atoms in total. The lowest BCUT2D eigenvalue weighted by molar-refractivity contribution is -0.157. The summed E-state index contributed by atoms with van der Waals surface area (Å²) in [5, 5.41) is 8.03. The molecule has 0 aromatic carbocycles. The van der Waals surface area contributed by atoms with Crippen LogP contribution >= 0.6 is 0 Å². The molecule has 0 unspecified atom stereocenters. The number of carboxylic acid groups (broad SMARTS) is 1. The van der Waals surface area contributed by atoms with Crippen molar-refractivity contribution in [1.29, 1.82) is 0 Å². The summed E-state index contributed by atoms with van der Waals surface area (Å²) in [6.45, 7) is 2.71. The number of aliphatic carboxylic acids is 1. The van der Waals surface area contributed by atoms with E-state index in [2.05, 4.69) is 0 Å². The maximum Gasteiger partial charge on any atom is 0.328 e. The molecule has 0 radical (unpaired) electrons. The van der Waals surface area contributed by atoms with E-state index in [4.69, 9.17) is 5.11 Å². The van der Waals surface area contributed by atoms with Gasteiger partial charge in [0.2, 0.25) is 5.91 Å². The van der Waals surface area contributed by atoms with E-state index < -0.39 is 37.9 Å². The summed E-state index contributed by atoms with van der Waals surface area (Å²) in [6, 6.07) is -1.26. The van der Waals surface area contributed by atoms with Gasteiger partial charge < -0.3 is 10.0 Å².